The molecular weight excluding hydrogens is 232 g/mol. The predicted molar refractivity (Wildman–Crippen MR) is 71.2 cm³/mol. The first-order chi connectivity index (χ1) is 8.04. The van der Waals surface area contributed by atoms with Crippen LogP contribution < -0.4 is 0 Å². The minimum atomic E-state index is 0.382. The van der Waals surface area contributed by atoms with E-state index in [1.165, 1.54) is 5.69 Å². The molecule has 0 aliphatic rings. The summed E-state index contributed by atoms with van der Waals surface area (Å²) in [6.45, 7) is 6.42. The third-order valence-electron chi connectivity index (χ3n) is 2.84. The molecule has 2 rings (SSSR count). The lowest BCUT2D eigenvalue weighted by Crippen LogP contribution is -2.02. The summed E-state index contributed by atoms with van der Waals surface area (Å²) in [5, 5.41) is 4.52. The van der Waals surface area contributed by atoms with Gasteiger partial charge in [0.15, 0.2) is 4.77 Å². The molecule has 2 aromatic rings. The highest BCUT2D eigenvalue weighted by atomic mass is 32.1. The van der Waals surface area contributed by atoms with Crippen LogP contribution in [0.4, 0.5) is 0 Å². The van der Waals surface area contributed by atoms with E-state index in [-0.39, 0.29) is 0 Å². The molecule has 0 saturated carbocycles. The molecule has 0 radical (unpaired) electrons. The number of hydrogen-bond acceptors (Lipinski definition) is 2. The van der Waals surface area contributed by atoms with Crippen molar-refractivity contribution in [3.05, 3.63) is 28.6 Å². The minimum Gasteiger partial charge on any atom is -0.337 e. The summed E-state index contributed by atoms with van der Waals surface area (Å²) in [6, 6.07) is 0. The van der Waals surface area contributed by atoms with Crippen LogP contribution in [-0.4, -0.2) is 19.3 Å². The second-order valence-electron chi connectivity index (χ2n) is 4.50. The van der Waals surface area contributed by atoms with Crippen LogP contribution in [0.1, 0.15) is 38.1 Å². The van der Waals surface area contributed by atoms with Crippen LogP contribution in [0, 0.1) is 4.77 Å². The van der Waals surface area contributed by atoms with E-state index in [9.17, 15) is 0 Å². The average molecular weight is 250 g/mol. The number of nitrogens with one attached hydrogen (secondary N) is 1. The number of aryl methyl sites for hydroxylation is 2. The maximum Gasteiger partial charge on any atom is 0.182 e. The van der Waals surface area contributed by atoms with E-state index in [0.717, 1.165) is 22.6 Å². The lowest BCUT2D eigenvalue weighted by molar-refractivity contribution is 0.711. The van der Waals surface area contributed by atoms with Crippen molar-refractivity contribution in [2.45, 2.75) is 33.1 Å². The van der Waals surface area contributed by atoms with Crippen molar-refractivity contribution >= 4 is 12.2 Å². The van der Waals surface area contributed by atoms with Crippen molar-refractivity contribution < 1.29 is 0 Å². The van der Waals surface area contributed by atoms with E-state index in [0.29, 0.717) is 5.92 Å². The van der Waals surface area contributed by atoms with Gasteiger partial charge in [0.25, 0.3) is 0 Å². The zero-order chi connectivity index (χ0) is 12.6. The summed E-state index contributed by atoms with van der Waals surface area (Å²) in [5.41, 5.74) is 3.36. The molecule has 0 fully saturated rings. The fraction of sp³-hybridized carbons (Fsp3) is 0.500. The van der Waals surface area contributed by atoms with Crippen molar-refractivity contribution in [2.24, 2.45) is 7.05 Å². The maximum atomic E-state index is 5.35. The highest BCUT2D eigenvalue weighted by molar-refractivity contribution is 7.71. The quantitative estimate of drug-likeness (QED) is 0.851. The van der Waals surface area contributed by atoms with Gasteiger partial charge in [-0.05, 0) is 24.6 Å². The molecule has 0 atom stereocenters. The second kappa shape index (κ2) is 4.49. The third-order valence-corrected chi connectivity index (χ3v) is 3.14. The molecule has 0 unspecified atom stereocenters. The Morgan fingerprint density at radius 1 is 1.47 bits per heavy atom. The standard InChI is InChI=1S/C12H18N4S/c1-5-9-6-13-12(17)16(9)10-7-15(4)14-11(10)8(2)3/h6-8H,5H2,1-4H3,(H,13,17). The van der Waals surface area contributed by atoms with E-state index in [1.807, 2.05) is 24.1 Å². The van der Waals surface area contributed by atoms with Crippen LogP contribution in [0.25, 0.3) is 5.69 Å². The molecule has 2 heterocycles. The van der Waals surface area contributed by atoms with Gasteiger partial charge in [-0.2, -0.15) is 5.10 Å². The molecule has 0 aliphatic carbocycles. The minimum absolute atomic E-state index is 0.382. The molecule has 0 bridgehead atoms. The highest BCUT2D eigenvalue weighted by Gasteiger charge is 2.15. The molecular formula is C12H18N4S. The first-order valence-corrected chi connectivity index (χ1v) is 6.28. The fourth-order valence-electron chi connectivity index (χ4n) is 2.01. The Hall–Kier alpha value is -1.36. The molecule has 0 aromatic carbocycles. The van der Waals surface area contributed by atoms with Gasteiger partial charge in [-0.15, -0.1) is 0 Å². The summed E-state index contributed by atoms with van der Waals surface area (Å²) in [7, 11) is 1.94. The smallest absolute Gasteiger partial charge is 0.182 e. The van der Waals surface area contributed by atoms with Crippen LogP contribution in [0.5, 0.6) is 0 Å². The number of hydrogen-bond donors (Lipinski definition) is 1. The summed E-state index contributed by atoms with van der Waals surface area (Å²) in [6.07, 6.45) is 4.94. The van der Waals surface area contributed by atoms with Crippen LogP contribution in [0.15, 0.2) is 12.4 Å². The van der Waals surface area contributed by atoms with Crippen molar-refractivity contribution in [3.63, 3.8) is 0 Å². The SMILES string of the molecule is CCc1c[nH]c(=S)n1-c1cn(C)nc1C(C)C. The normalized spacial score (nSPS) is 11.4. The van der Waals surface area contributed by atoms with Gasteiger partial charge in [0.05, 0.1) is 11.4 Å². The Kier molecular flexibility index (Phi) is 3.19. The van der Waals surface area contributed by atoms with Crippen LogP contribution in [-0.2, 0) is 13.5 Å². The molecule has 0 aliphatic heterocycles. The molecule has 4 nitrogen and oxygen atoms in total. The van der Waals surface area contributed by atoms with E-state index in [4.69, 9.17) is 12.2 Å². The number of aromatic nitrogens is 4. The number of H-pyrrole nitrogens is 1. The Morgan fingerprint density at radius 3 is 2.76 bits per heavy atom. The van der Waals surface area contributed by atoms with Gasteiger partial charge in [0.2, 0.25) is 0 Å². The molecule has 0 spiro atoms. The van der Waals surface area contributed by atoms with Gasteiger partial charge >= 0.3 is 0 Å². The van der Waals surface area contributed by atoms with E-state index in [2.05, 4.69) is 35.4 Å². The molecule has 92 valence electrons. The summed E-state index contributed by atoms with van der Waals surface area (Å²) in [4.78, 5) is 3.10. The Morgan fingerprint density at radius 2 is 2.18 bits per heavy atom. The molecule has 0 amide bonds. The summed E-state index contributed by atoms with van der Waals surface area (Å²) in [5.74, 6) is 0.382. The monoisotopic (exact) mass is 250 g/mol. The Labute approximate surface area is 106 Å². The first-order valence-electron chi connectivity index (χ1n) is 5.87. The van der Waals surface area contributed by atoms with Crippen LogP contribution in [0.3, 0.4) is 0 Å². The van der Waals surface area contributed by atoms with Crippen molar-refractivity contribution in [3.8, 4) is 5.69 Å². The Balaban J connectivity index is 2.67. The van der Waals surface area contributed by atoms with Gasteiger partial charge in [0.1, 0.15) is 0 Å². The Bertz CT molecular complexity index is 574. The predicted octanol–water partition coefficient (Wildman–Crippen LogP) is 2.95. The molecule has 1 N–H and O–H groups in total. The van der Waals surface area contributed by atoms with Crippen molar-refractivity contribution in [2.75, 3.05) is 0 Å². The number of rotatable bonds is 3. The number of aromatic amines is 1. The van der Waals surface area contributed by atoms with Crippen LogP contribution in [0.2, 0.25) is 0 Å². The fourth-order valence-corrected chi connectivity index (χ4v) is 2.28. The number of nitrogens with zero attached hydrogens (tertiary/aromatic N) is 3. The van der Waals surface area contributed by atoms with Gasteiger partial charge in [-0.1, -0.05) is 20.8 Å². The maximum absolute atomic E-state index is 5.35. The van der Waals surface area contributed by atoms with Gasteiger partial charge in [-0.25, -0.2) is 0 Å². The van der Waals surface area contributed by atoms with E-state index >= 15 is 0 Å². The summed E-state index contributed by atoms with van der Waals surface area (Å²) >= 11 is 5.35. The van der Waals surface area contributed by atoms with Crippen LogP contribution >= 0.6 is 12.2 Å². The van der Waals surface area contributed by atoms with Crippen molar-refractivity contribution in [1.29, 1.82) is 0 Å². The largest absolute Gasteiger partial charge is 0.337 e. The van der Waals surface area contributed by atoms with Gasteiger partial charge in [0, 0.05) is 25.1 Å². The van der Waals surface area contributed by atoms with E-state index < -0.39 is 0 Å². The van der Waals surface area contributed by atoms with E-state index in [1.54, 1.807) is 0 Å². The molecule has 2 aromatic heterocycles. The van der Waals surface area contributed by atoms with Gasteiger partial charge in [-0.3, -0.25) is 9.25 Å². The molecule has 17 heavy (non-hydrogen) atoms. The second-order valence-corrected chi connectivity index (χ2v) is 4.89. The van der Waals surface area contributed by atoms with Gasteiger partial charge < -0.3 is 4.98 Å². The first kappa shape index (κ1) is 12.1. The zero-order valence-corrected chi connectivity index (χ0v) is 11.5. The topological polar surface area (TPSA) is 38.5 Å². The molecule has 0 saturated heterocycles. The number of imidazole rings is 1. The lowest BCUT2D eigenvalue weighted by Gasteiger charge is -2.08. The highest BCUT2D eigenvalue weighted by Crippen LogP contribution is 2.23. The zero-order valence-electron chi connectivity index (χ0n) is 10.7. The van der Waals surface area contributed by atoms with Crippen molar-refractivity contribution in [1.82, 2.24) is 19.3 Å². The summed E-state index contributed by atoms with van der Waals surface area (Å²) < 4.78 is 4.66. The molecule has 5 heteroatoms. The third kappa shape index (κ3) is 2.07. The lowest BCUT2D eigenvalue weighted by atomic mass is 10.1. The average Bonchev–Trinajstić information content (AvgIpc) is 2.81.